The van der Waals surface area contributed by atoms with Crippen molar-refractivity contribution < 1.29 is 13.9 Å². The van der Waals surface area contributed by atoms with Gasteiger partial charge in [0.2, 0.25) is 0 Å². The van der Waals surface area contributed by atoms with Crippen LogP contribution in [0.15, 0.2) is 48.7 Å². The second-order valence-corrected chi connectivity index (χ2v) is 9.61. The zero-order valence-corrected chi connectivity index (χ0v) is 21.3. The number of amides is 1. The largest absolute Gasteiger partial charge is 0.482 e. The quantitative estimate of drug-likeness (QED) is 0.426. The predicted octanol–water partition coefficient (Wildman–Crippen LogP) is 5.69. The number of pyridine rings is 1. The van der Waals surface area contributed by atoms with E-state index in [1.807, 2.05) is 24.1 Å². The van der Waals surface area contributed by atoms with Crippen LogP contribution in [-0.2, 0) is 0 Å². The maximum absolute atomic E-state index is 14.0. The molecule has 2 atom stereocenters. The van der Waals surface area contributed by atoms with Gasteiger partial charge in [0.15, 0.2) is 11.6 Å². The van der Waals surface area contributed by atoms with Gasteiger partial charge in [-0.3, -0.25) is 4.79 Å². The fourth-order valence-electron chi connectivity index (χ4n) is 4.27. The molecule has 1 aliphatic heterocycles. The summed E-state index contributed by atoms with van der Waals surface area (Å²) in [4.78, 5) is 21.2. The van der Waals surface area contributed by atoms with Gasteiger partial charge in [-0.15, -0.1) is 0 Å². The lowest BCUT2D eigenvalue weighted by atomic mass is 10.0. The molecular weight excluding hydrogens is 490 g/mol. The van der Waals surface area contributed by atoms with Gasteiger partial charge in [0.05, 0.1) is 5.02 Å². The van der Waals surface area contributed by atoms with Crippen LogP contribution in [0.2, 0.25) is 10.0 Å². The van der Waals surface area contributed by atoms with Gasteiger partial charge in [-0.1, -0.05) is 35.3 Å². The predicted molar refractivity (Wildman–Crippen MR) is 138 cm³/mol. The fraction of sp³-hybridized carbons (Fsp3) is 0.308. The third-order valence-electron chi connectivity index (χ3n) is 6.37. The number of likely N-dealkylation sites (tertiary alicyclic amines) is 1. The molecule has 9 heteroatoms. The van der Waals surface area contributed by atoms with Crippen molar-refractivity contribution in [1.82, 2.24) is 14.8 Å². The van der Waals surface area contributed by atoms with E-state index in [4.69, 9.17) is 33.7 Å². The summed E-state index contributed by atoms with van der Waals surface area (Å²) < 4.78 is 19.9. The molecule has 2 aromatic carbocycles. The van der Waals surface area contributed by atoms with Crippen LogP contribution in [0.4, 0.5) is 10.2 Å². The molecule has 0 bridgehead atoms. The van der Waals surface area contributed by atoms with Crippen LogP contribution in [0.25, 0.3) is 11.1 Å². The number of aromatic nitrogens is 1. The lowest BCUT2D eigenvalue weighted by Gasteiger charge is -2.24. The molecule has 1 saturated heterocycles. The maximum atomic E-state index is 14.0. The van der Waals surface area contributed by atoms with Crippen LogP contribution < -0.4 is 10.5 Å². The SMILES string of the molecule is CC(Oc1cc(-c2ccc(C(=O)N(C)C3CCN(C)C3)cc2)cnc1N)c1c(Cl)ccc(F)c1Cl. The van der Waals surface area contributed by atoms with Gasteiger partial charge in [0.1, 0.15) is 11.9 Å². The lowest BCUT2D eigenvalue weighted by Crippen LogP contribution is -2.38. The number of rotatable bonds is 6. The Balaban J connectivity index is 1.53. The first-order valence-corrected chi connectivity index (χ1v) is 12.0. The minimum atomic E-state index is -0.671. The molecule has 2 heterocycles. The molecule has 35 heavy (non-hydrogen) atoms. The number of benzene rings is 2. The number of anilines is 1. The van der Waals surface area contributed by atoms with Crippen LogP contribution in [0.5, 0.6) is 5.75 Å². The van der Waals surface area contributed by atoms with E-state index in [0.29, 0.717) is 21.9 Å². The van der Waals surface area contributed by atoms with E-state index >= 15 is 0 Å². The van der Waals surface area contributed by atoms with E-state index < -0.39 is 11.9 Å². The van der Waals surface area contributed by atoms with E-state index in [1.165, 1.54) is 12.1 Å². The van der Waals surface area contributed by atoms with Gasteiger partial charge in [-0.25, -0.2) is 9.37 Å². The Morgan fingerprint density at radius 1 is 1.23 bits per heavy atom. The highest BCUT2D eigenvalue weighted by atomic mass is 35.5. The molecular formula is C26H27Cl2FN4O2. The van der Waals surface area contributed by atoms with Crippen molar-refractivity contribution in [2.24, 2.45) is 0 Å². The van der Waals surface area contributed by atoms with E-state index in [-0.39, 0.29) is 22.8 Å². The van der Waals surface area contributed by atoms with E-state index in [1.54, 1.807) is 31.3 Å². The van der Waals surface area contributed by atoms with Crippen LogP contribution in [-0.4, -0.2) is 53.9 Å². The minimum absolute atomic E-state index is 0.00558. The van der Waals surface area contributed by atoms with Crippen LogP contribution in [0.3, 0.4) is 0 Å². The normalized spacial score (nSPS) is 16.8. The van der Waals surface area contributed by atoms with Crippen molar-refractivity contribution in [1.29, 1.82) is 0 Å². The topological polar surface area (TPSA) is 71.7 Å². The number of nitrogens with two attached hydrogens (primary N) is 1. The van der Waals surface area contributed by atoms with Crippen molar-refractivity contribution in [2.45, 2.75) is 25.5 Å². The molecule has 3 aromatic rings. The number of halogens is 3. The third-order valence-corrected chi connectivity index (χ3v) is 7.08. The lowest BCUT2D eigenvalue weighted by molar-refractivity contribution is 0.0737. The molecule has 0 spiro atoms. The molecule has 0 saturated carbocycles. The van der Waals surface area contributed by atoms with Crippen LogP contribution >= 0.6 is 23.2 Å². The molecule has 1 fully saturated rings. The number of carbonyl (C=O) groups excluding carboxylic acids is 1. The number of carbonyl (C=O) groups is 1. The number of nitrogens with zero attached hydrogens (tertiary/aromatic N) is 3. The molecule has 0 radical (unpaired) electrons. The molecule has 2 unspecified atom stereocenters. The Morgan fingerprint density at radius 3 is 2.60 bits per heavy atom. The Labute approximate surface area is 214 Å². The molecule has 6 nitrogen and oxygen atoms in total. The number of ether oxygens (including phenoxy) is 1. The molecule has 1 amide bonds. The number of nitrogen functional groups attached to an aromatic ring is 1. The first kappa shape index (κ1) is 25.2. The highest BCUT2D eigenvalue weighted by molar-refractivity contribution is 6.36. The third kappa shape index (κ3) is 5.37. The monoisotopic (exact) mass is 516 g/mol. The van der Waals surface area contributed by atoms with Crippen LogP contribution in [0.1, 0.15) is 35.4 Å². The standard InChI is InChI=1S/C26H27Cl2FN4O2/c1-15(23-20(27)8-9-21(29)24(23)28)35-22-12-18(13-31-25(22)30)16-4-6-17(7-5-16)26(34)33(3)19-10-11-32(2)14-19/h4-9,12-13,15,19H,10-11,14H2,1-3H3,(H2,30,31). The zero-order valence-electron chi connectivity index (χ0n) is 19.8. The fourth-order valence-corrected chi connectivity index (χ4v) is 4.95. The summed E-state index contributed by atoms with van der Waals surface area (Å²) in [5.74, 6) is -0.0913. The summed E-state index contributed by atoms with van der Waals surface area (Å²) in [6.07, 6.45) is 1.93. The maximum Gasteiger partial charge on any atom is 0.253 e. The highest BCUT2D eigenvalue weighted by Crippen LogP contribution is 2.37. The van der Waals surface area contributed by atoms with Crippen LogP contribution in [0, 0.1) is 5.82 Å². The first-order valence-electron chi connectivity index (χ1n) is 11.3. The van der Waals surface area contributed by atoms with Crippen molar-refractivity contribution in [2.75, 3.05) is 32.9 Å². The van der Waals surface area contributed by atoms with Crippen molar-refractivity contribution in [3.05, 3.63) is 75.7 Å². The van der Waals surface area contributed by atoms with Gasteiger partial charge >= 0.3 is 0 Å². The first-order chi connectivity index (χ1) is 16.7. The Morgan fingerprint density at radius 2 is 1.94 bits per heavy atom. The Kier molecular flexibility index (Phi) is 7.50. The molecule has 184 valence electrons. The Bertz CT molecular complexity index is 1240. The number of hydrogen-bond donors (Lipinski definition) is 1. The molecule has 1 aliphatic rings. The summed E-state index contributed by atoms with van der Waals surface area (Å²) in [5, 5.41) is 0.197. The molecule has 2 N–H and O–H groups in total. The number of hydrogen-bond acceptors (Lipinski definition) is 5. The van der Waals surface area contributed by atoms with Crippen molar-refractivity contribution in [3.8, 4) is 16.9 Å². The van der Waals surface area contributed by atoms with E-state index in [9.17, 15) is 9.18 Å². The smallest absolute Gasteiger partial charge is 0.253 e. The summed E-state index contributed by atoms with van der Waals surface area (Å²) in [5.41, 5.74) is 8.59. The summed E-state index contributed by atoms with van der Waals surface area (Å²) in [6, 6.07) is 11.9. The van der Waals surface area contributed by atoms with E-state index in [2.05, 4.69) is 16.9 Å². The molecule has 0 aliphatic carbocycles. The molecule has 4 rings (SSSR count). The highest BCUT2D eigenvalue weighted by Gasteiger charge is 2.27. The summed E-state index contributed by atoms with van der Waals surface area (Å²) in [6.45, 7) is 3.58. The van der Waals surface area contributed by atoms with Crippen molar-refractivity contribution >= 4 is 34.9 Å². The summed E-state index contributed by atoms with van der Waals surface area (Å²) >= 11 is 12.3. The number of likely N-dealkylation sites (N-methyl/N-ethyl adjacent to an activating group) is 2. The second kappa shape index (κ2) is 10.4. The second-order valence-electron chi connectivity index (χ2n) is 8.82. The van der Waals surface area contributed by atoms with Gasteiger partial charge in [0.25, 0.3) is 5.91 Å². The van der Waals surface area contributed by atoms with Gasteiger partial charge in [0, 0.05) is 47.5 Å². The Hall–Kier alpha value is -2.87. The summed E-state index contributed by atoms with van der Waals surface area (Å²) in [7, 11) is 3.92. The average molecular weight is 517 g/mol. The average Bonchev–Trinajstić information content (AvgIpc) is 3.28. The minimum Gasteiger partial charge on any atom is -0.482 e. The molecule has 1 aromatic heterocycles. The zero-order chi connectivity index (χ0) is 25.3. The van der Waals surface area contributed by atoms with Gasteiger partial charge in [-0.2, -0.15) is 0 Å². The van der Waals surface area contributed by atoms with Gasteiger partial charge in [-0.05, 0) is 62.8 Å². The van der Waals surface area contributed by atoms with Crippen molar-refractivity contribution in [3.63, 3.8) is 0 Å². The van der Waals surface area contributed by atoms with E-state index in [0.717, 1.165) is 30.6 Å². The van der Waals surface area contributed by atoms with Gasteiger partial charge < -0.3 is 20.3 Å².